The minimum atomic E-state index is -0.600. The lowest BCUT2D eigenvalue weighted by molar-refractivity contribution is -0.144. The molecule has 32 heavy (non-hydrogen) atoms. The summed E-state index contributed by atoms with van der Waals surface area (Å²) in [5.41, 5.74) is 2.22. The summed E-state index contributed by atoms with van der Waals surface area (Å²) in [6.45, 7) is 3.26. The molecule has 1 saturated heterocycles. The molecular weight excluding hydrogens is 429 g/mol. The normalized spacial score (nSPS) is 21.5. The zero-order valence-electron chi connectivity index (χ0n) is 18.1. The van der Waals surface area contributed by atoms with Crippen molar-refractivity contribution >= 4 is 30.5 Å². The van der Waals surface area contributed by atoms with E-state index >= 15 is 0 Å². The van der Waals surface area contributed by atoms with Crippen LogP contribution in [0, 0.1) is 11.7 Å². The fraction of sp³-hybridized carbons (Fsp3) is 0.458. The minimum absolute atomic E-state index is 0.00879. The number of esters is 1. The number of hydrogen-bond donors (Lipinski definition) is 1. The summed E-state index contributed by atoms with van der Waals surface area (Å²) in [5, 5.41) is 4.24. The van der Waals surface area contributed by atoms with Gasteiger partial charge in [-0.05, 0) is 50.0 Å². The number of nitrogens with zero attached hydrogens (tertiary/aromatic N) is 3. The topological polar surface area (TPSA) is 64.4 Å². The average Bonchev–Trinajstić information content (AvgIpc) is 3.54. The summed E-state index contributed by atoms with van der Waals surface area (Å²) in [6, 6.07) is 7.78. The highest BCUT2D eigenvalue weighted by Gasteiger charge is 2.40. The van der Waals surface area contributed by atoms with Crippen molar-refractivity contribution in [3.05, 3.63) is 59.2 Å². The second-order valence-electron chi connectivity index (χ2n) is 8.31. The molecule has 1 saturated carbocycles. The number of ether oxygens (including phenoxy) is 1. The number of Topliss-reactive ketones (excluding diaryl/α,β-unsaturated/α-hetero) is 1. The van der Waals surface area contributed by atoms with E-state index in [9.17, 15) is 14.0 Å². The largest absolute Gasteiger partial charge is 0.465 e. The van der Waals surface area contributed by atoms with E-state index in [2.05, 4.69) is 10.00 Å². The Labute approximate surface area is 192 Å². The third-order valence-electron chi connectivity index (χ3n) is 5.98. The van der Waals surface area contributed by atoms with Gasteiger partial charge in [-0.3, -0.25) is 19.2 Å². The molecule has 1 aromatic carbocycles. The molecule has 0 bridgehead atoms. The van der Waals surface area contributed by atoms with Gasteiger partial charge in [0, 0.05) is 36.0 Å². The number of likely N-dealkylation sites (tertiary alicyclic amines) is 1. The number of piperidine rings is 1. The Balaban J connectivity index is 1.60. The van der Waals surface area contributed by atoms with Gasteiger partial charge in [-0.25, -0.2) is 4.39 Å². The van der Waals surface area contributed by atoms with Crippen LogP contribution in [-0.2, 0) is 20.9 Å². The van der Waals surface area contributed by atoms with Crippen molar-refractivity contribution in [1.82, 2.24) is 14.7 Å². The van der Waals surface area contributed by atoms with E-state index in [4.69, 9.17) is 17.4 Å². The number of thiol groups is 1. The summed E-state index contributed by atoms with van der Waals surface area (Å²) in [4.78, 5) is 27.1. The zero-order valence-corrected chi connectivity index (χ0v) is 19.0. The maximum Gasteiger partial charge on any atom is 0.327 e. The first-order valence-electron chi connectivity index (χ1n) is 11.1. The van der Waals surface area contributed by atoms with Crippen LogP contribution in [0.2, 0.25) is 0 Å². The Bertz CT molecular complexity index is 1020. The van der Waals surface area contributed by atoms with Gasteiger partial charge in [0.1, 0.15) is 12.4 Å². The van der Waals surface area contributed by atoms with Gasteiger partial charge in [0.05, 0.1) is 18.3 Å². The number of benzene rings is 1. The van der Waals surface area contributed by atoms with E-state index in [-0.39, 0.29) is 35.3 Å². The van der Waals surface area contributed by atoms with Gasteiger partial charge in [0.2, 0.25) is 0 Å². The summed E-state index contributed by atoms with van der Waals surface area (Å²) in [5.74, 6) is -0.582. The van der Waals surface area contributed by atoms with Crippen LogP contribution >= 0.6 is 12.6 Å². The molecule has 0 amide bonds. The average molecular weight is 458 g/mol. The van der Waals surface area contributed by atoms with Crippen molar-refractivity contribution in [1.29, 1.82) is 0 Å². The SMILES string of the molecule is CCOC(=O)Cn1nccc1/C=C1/CN(C(C(=O)C2CC2)c2ccccc2F)CCC1S. The number of hydrogen-bond acceptors (Lipinski definition) is 6. The molecule has 2 unspecified atom stereocenters. The number of carbonyl (C=O) groups excluding carboxylic acids is 2. The lowest BCUT2D eigenvalue weighted by Gasteiger charge is -2.37. The van der Waals surface area contributed by atoms with Crippen molar-refractivity contribution in [3.63, 3.8) is 0 Å². The molecule has 2 heterocycles. The van der Waals surface area contributed by atoms with Gasteiger partial charge >= 0.3 is 5.97 Å². The highest BCUT2D eigenvalue weighted by atomic mass is 32.1. The van der Waals surface area contributed by atoms with Crippen molar-refractivity contribution in [2.45, 2.75) is 44.0 Å². The number of aromatic nitrogens is 2. The monoisotopic (exact) mass is 457 g/mol. The predicted octanol–water partition coefficient (Wildman–Crippen LogP) is 3.69. The van der Waals surface area contributed by atoms with E-state index in [1.807, 2.05) is 12.1 Å². The van der Waals surface area contributed by atoms with Crippen molar-refractivity contribution < 1.29 is 18.7 Å². The number of rotatable bonds is 8. The van der Waals surface area contributed by atoms with Crippen molar-refractivity contribution in [2.24, 2.45) is 5.92 Å². The lowest BCUT2D eigenvalue weighted by atomic mass is 9.93. The highest BCUT2D eigenvalue weighted by molar-refractivity contribution is 7.81. The minimum Gasteiger partial charge on any atom is -0.465 e. The summed E-state index contributed by atoms with van der Waals surface area (Å²) in [6.07, 6.45) is 6.10. The van der Waals surface area contributed by atoms with E-state index in [1.54, 1.807) is 36.0 Å². The molecule has 0 spiro atoms. The van der Waals surface area contributed by atoms with Crippen LogP contribution in [-0.4, -0.2) is 51.4 Å². The number of halogens is 1. The first-order valence-corrected chi connectivity index (χ1v) is 11.6. The molecule has 0 N–H and O–H groups in total. The van der Waals surface area contributed by atoms with E-state index in [0.717, 1.165) is 30.5 Å². The van der Waals surface area contributed by atoms with E-state index < -0.39 is 6.04 Å². The van der Waals surface area contributed by atoms with Crippen LogP contribution in [0.15, 0.2) is 42.1 Å². The Morgan fingerprint density at radius 1 is 1.28 bits per heavy atom. The Morgan fingerprint density at radius 3 is 2.78 bits per heavy atom. The van der Waals surface area contributed by atoms with Crippen LogP contribution in [0.4, 0.5) is 4.39 Å². The molecule has 4 rings (SSSR count). The third kappa shape index (κ3) is 5.13. The fourth-order valence-corrected chi connectivity index (χ4v) is 4.46. The molecule has 2 aromatic rings. The fourth-order valence-electron chi connectivity index (χ4n) is 4.19. The van der Waals surface area contributed by atoms with Gasteiger partial charge in [-0.15, -0.1) is 0 Å². The highest BCUT2D eigenvalue weighted by Crippen LogP contribution is 2.39. The molecule has 8 heteroatoms. The standard InChI is InChI=1S/C24H28FN3O3S/c1-2-31-22(29)15-28-18(9-11-26-28)13-17-14-27(12-10-21(17)32)23(24(30)16-7-8-16)19-5-3-4-6-20(19)25/h3-6,9,11,13,16,21,23,32H,2,7-8,10,12,14-15H2,1H3/b17-13-. The van der Waals surface area contributed by atoms with Gasteiger partial charge in [-0.1, -0.05) is 18.2 Å². The van der Waals surface area contributed by atoms with Gasteiger partial charge in [0.25, 0.3) is 0 Å². The molecule has 6 nitrogen and oxygen atoms in total. The zero-order chi connectivity index (χ0) is 22.7. The number of ketones is 1. The Hall–Kier alpha value is -2.45. The molecule has 1 aliphatic carbocycles. The molecule has 2 aliphatic rings. The van der Waals surface area contributed by atoms with Crippen molar-refractivity contribution in [2.75, 3.05) is 19.7 Å². The molecule has 0 radical (unpaired) electrons. The van der Waals surface area contributed by atoms with Crippen LogP contribution in [0.5, 0.6) is 0 Å². The molecule has 1 aliphatic heterocycles. The summed E-state index contributed by atoms with van der Waals surface area (Å²) < 4.78 is 21.3. The maximum absolute atomic E-state index is 14.7. The van der Waals surface area contributed by atoms with Gasteiger partial charge in [-0.2, -0.15) is 17.7 Å². The lowest BCUT2D eigenvalue weighted by Crippen LogP contribution is -2.42. The Morgan fingerprint density at radius 2 is 2.06 bits per heavy atom. The summed E-state index contributed by atoms with van der Waals surface area (Å²) >= 11 is 4.75. The van der Waals surface area contributed by atoms with Crippen molar-refractivity contribution in [3.8, 4) is 0 Å². The first-order chi connectivity index (χ1) is 15.5. The molecule has 2 atom stereocenters. The molecule has 2 fully saturated rings. The summed E-state index contributed by atoms with van der Waals surface area (Å²) in [7, 11) is 0. The molecular formula is C24H28FN3O3S. The quantitative estimate of drug-likeness (QED) is 0.484. The Kier molecular flexibility index (Phi) is 7.10. The predicted molar refractivity (Wildman–Crippen MR) is 123 cm³/mol. The third-order valence-corrected chi connectivity index (χ3v) is 6.57. The maximum atomic E-state index is 14.7. The number of carbonyl (C=O) groups is 2. The molecule has 170 valence electrons. The molecule has 1 aromatic heterocycles. The van der Waals surface area contributed by atoms with E-state index in [0.29, 0.717) is 25.3 Å². The second-order valence-corrected chi connectivity index (χ2v) is 8.94. The van der Waals surface area contributed by atoms with E-state index in [1.165, 1.54) is 6.07 Å². The van der Waals surface area contributed by atoms with Crippen LogP contribution in [0.3, 0.4) is 0 Å². The van der Waals surface area contributed by atoms with Gasteiger partial charge < -0.3 is 4.74 Å². The second kappa shape index (κ2) is 10.0. The van der Waals surface area contributed by atoms with Crippen LogP contribution < -0.4 is 0 Å². The van der Waals surface area contributed by atoms with Gasteiger partial charge in [0.15, 0.2) is 5.78 Å². The first kappa shape index (κ1) is 22.7. The smallest absolute Gasteiger partial charge is 0.327 e. The van der Waals surface area contributed by atoms with Crippen LogP contribution in [0.1, 0.15) is 43.5 Å². The van der Waals surface area contributed by atoms with Crippen LogP contribution in [0.25, 0.3) is 6.08 Å².